The zero-order chi connectivity index (χ0) is 18.0. The molecule has 1 heterocycles. The summed E-state index contributed by atoms with van der Waals surface area (Å²) in [6.45, 7) is 1.93. The standard InChI is InChI=1S/C20H16Cl3NO/c1-12(16-9-8-15(22)11-18(16)23)20(25)17-3-2-10-24-19(17)13-4-6-14(21)7-5-13/h2-12,20,25H,1H3. The van der Waals surface area contributed by atoms with Gasteiger partial charge in [-0.3, -0.25) is 4.98 Å². The molecule has 2 atom stereocenters. The van der Waals surface area contributed by atoms with Gasteiger partial charge in [-0.15, -0.1) is 0 Å². The third-order valence-electron chi connectivity index (χ3n) is 4.20. The summed E-state index contributed by atoms with van der Waals surface area (Å²) in [5.41, 5.74) is 3.20. The Labute approximate surface area is 162 Å². The van der Waals surface area contributed by atoms with Crippen LogP contribution in [-0.4, -0.2) is 10.1 Å². The molecule has 0 aliphatic heterocycles. The van der Waals surface area contributed by atoms with E-state index < -0.39 is 6.10 Å². The van der Waals surface area contributed by atoms with E-state index in [2.05, 4.69) is 4.98 Å². The van der Waals surface area contributed by atoms with Crippen molar-refractivity contribution < 1.29 is 5.11 Å². The summed E-state index contributed by atoms with van der Waals surface area (Å²) in [4.78, 5) is 4.46. The summed E-state index contributed by atoms with van der Waals surface area (Å²) in [6, 6.07) is 16.4. The summed E-state index contributed by atoms with van der Waals surface area (Å²) in [5.74, 6) is -0.222. The zero-order valence-electron chi connectivity index (χ0n) is 13.5. The van der Waals surface area contributed by atoms with Crippen molar-refractivity contribution in [3.05, 3.63) is 87.0 Å². The number of rotatable bonds is 4. The van der Waals surface area contributed by atoms with Gasteiger partial charge in [-0.05, 0) is 35.9 Å². The first-order chi connectivity index (χ1) is 12.0. The predicted octanol–water partition coefficient (Wildman–Crippen LogP) is 6.55. The van der Waals surface area contributed by atoms with E-state index >= 15 is 0 Å². The van der Waals surface area contributed by atoms with Gasteiger partial charge >= 0.3 is 0 Å². The van der Waals surface area contributed by atoms with Crippen LogP contribution in [0.25, 0.3) is 11.3 Å². The van der Waals surface area contributed by atoms with Crippen LogP contribution in [0.2, 0.25) is 15.1 Å². The van der Waals surface area contributed by atoms with Crippen LogP contribution in [0.3, 0.4) is 0 Å². The Kier molecular flexibility index (Phi) is 5.65. The van der Waals surface area contributed by atoms with Crippen molar-refractivity contribution in [1.82, 2.24) is 4.98 Å². The van der Waals surface area contributed by atoms with Gasteiger partial charge in [0.25, 0.3) is 0 Å². The molecule has 0 fully saturated rings. The Morgan fingerprint density at radius 1 is 0.880 bits per heavy atom. The molecule has 2 aromatic carbocycles. The summed E-state index contributed by atoms with van der Waals surface area (Å²) >= 11 is 18.2. The topological polar surface area (TPSA) is 33.1 Å². The van der Waals surface area contributed by atoms with Crippen molar-refractivity contribution in [3.8, 4) is 11.3 Å². The SMILES string of the molecule is CC(c1ccc(Cl)cc1Cl)C(O)c1cccnc1-c1ccc(Cl)cc1. The van der Waals surface area contributed by atoms with E-state index in [9.17, 15) is 5.11 Å². The van der Waals surface area contributed by atoms with E-state index in [-0.39, 0.29) is 5.92 Å². The highest BCUT2D eigenvalue weighted by atomic mass is 35.5. The van der Waals surface area contributed by atoms with Crippen LogP contribution in [-0.2, 0) is 0 Å². The molecule has 1 aromatic heterocycles. The number of aliphatic hydroxyl groups is 1. The number of benzene rings is 2. The fraction of sp³-hybridized carbons (Fsp3) is 0.150. The maximum atomic E-state index is 11.0. The molecular weight excluding hydrogens is 377 g/mol. The molecule has 2 nitrogen and oxygen atoms in total. The van der Waals surface area contributed by atoms with E-state index in [1.165, 1.54) is 0 Å². The number of hydrogen-bond acceptors (Lipinski definition) is 2. The average molecular weight is 393 g/mol. The number of aliphatic hydroxyl groups excluding tert-OH is 1. The lowest BCUT2D eigenvalue weighted by Crippen LogP contribution is -2.10. The summed E-state index contributed by atoms with van der Waals surface area (Å²) < 4.78 is 0. The zero-order valence-corrected chi connectivity index (χ0v) is 15.7. The molecule has 5 heteroatoms. The highest BCUT2D eigenvalue weighted by Crippen LogP contribution is 2.38. The van der Waals surface area contributed by atoms with E-state index in [0.717, 1.165) is 22.4 Å². The van der Waals surface area contributed by atoms with Crippen LogP contribution in [0.15, 0.2) is 60.8 Å². The van der Waals surface area contributed by atoms with E-state index in [4.69, 9.17) is 34.8 Å². The van der Waals surface area contributed by atoms with Crippen molar-refractivity contribution in [3.63, 3.8) is 0 Å². The first-order valence-electron chi connectivity index (χ1n) is 7.81. The Morgan fingerprint density at radius 3 is 2.24 bits per heavy atom. The van der Waals surface area contributed by atoms with Crippen LogP contribution in [0.5, 0.6) is 0 Å². The molecule has 25 heavy (non-hydrogen) atoms. The molecule has 0 radical (unpaired) electrons. The summed E-state index contributed by atoms with van der Waals surface area (Å²) in [6.07, 6.45) is 0.943. The molecule has 0 amide bonds. The first kappa shape index (κ1) is 18.2. The predicted molar refractivity (Wildman–Crippen MR) is 105 cm³/mol. The molecule has 0 saturated heterocycles. The largest absolute Gasteiger partial charge is 0.388 e. The van der Waals surface area contributed by atoms with Crippen LogP contribution in [0, 0.1) is 0 Å². The molecule has 0 saturated carbocycles. The van der Waals surface area contributed by atoms with Gasteiger partial charge < -0.3 is 5.11 Å². The molecule has 128 valence electrons. The van der Waals surface area contributed by atoms with Crippen molar-refractivity contribution in [2.24, 2.45) is 0 Å². The minimum absolute atomic E-state index is 0.222. The minimum atomic E-state index is -0.766. The Bertz CT molecular complexity index is 880. The Balaban J connectivity index is 2.00. The van der Waals surface area contributed by atoms with E-state index in [0.29, 0.717) is 15.1 Å². The molecule has 1 N–H and O–H groups in total. The van der Waals surface area contributed by atoms with Crippen LogP contribution in [0.1, 0.15) is 30.1 Å². The summed E-state index contributed by atoms with van der Waals surface area (Å²) in [5, 5.41) is 12.7. The third-order valence-corrected chi connectivity index (χ3v) is 5.02. The van der Waals surface area contributed by atoms with Crippen molar-refractivity contribution >= 4 is 34.8 Å². The number of hydrogen-bond donors (Lipinski definition) is 1. The van der Waals surface area contributed by atoms with Crippen LogP contribution < -0.4 is 0 Å². The van der Waals surface area contributed by atoms with Gasteiger partial charge in [0.15, 0.2) is 0 Å². The van der Waals surface area contributed by atoms with E-state index in [1.807, 2.05) is 37.3 Å². The van der Waals surface area contributed by atoms with Gasteiger partial charge in [0, 0.05) is 38.3 Å². The van der Waals surface area contributed by atoms with Gasteiger partial charge in [0.2, 0.25) is 0 Å². The third kappa shape index (κ3) is 3.99. The lowest BCUT2D eigenvalue weighted by Gasteiger charge is -2.22. The number of pyridine rings is 1. The monoisotopic (exact) mass is 391 g/mol. The maximum Gasteiger partial charge on any atom is 0.0877 e. The highest BCUT2D eigenvalue weighted by molar-refractivity contribution is 6.35. The molecule has 2 unspecified atom stereocenters. The van der Waals surface area contributed by atoms with Crippen molar-refractivity contribution in [1.29, 1.82) is 0 Å². The van der Waals surface area contributed by atoms with Gasteiger partial charge in [-0.1, -0.05) is 66.0 Å². The second-order valence-electron chi connectivity index (χ2n) is 5.85. The normalized spacial score (nSPS) is 13.5. The number of aromatic nitrogens is 1. The fourth-order valence-electron chi connectivity index (χ4n) is 2.82. The first-order valence-corrected chi connectivity index (χ1v) is 8.94. The molecule has 0 aliphatic carbocycles. The Morgan fingerprint density at radius 2 is 1.56 bits per heavy atom. The quantitative estimate of drug-likeness (QED) is 0.546. The fourth-order valence-corrected chi connectivity index (χ4v) is 3.52. The van der Waals surface area contributed by atoms with Gasteiger partial charge in [-0.25, -0.2) is 0 Å². The van der Waals surface area contributed by atoms with Gasteiger partial charge in [0.1, 0.15) is 0 Å². The average Bonchev–Trinajstić information content (AvgIpc) is 2.61. The Hall–Kier alpha value is -1.58. The lowest BCUT2D eigenvalue weighted by atomic mass is 9.89. The van der Waals surface area contributed by atoms with Gasteiger partial charge in [-0.2, -0.15) is 0 Å². The second kappa shape index (κ2) is 7.76. The van der Waals surface area contributed by atoms with Gasteiger partial charge in [0.05, 0.1) is 11.8 Å². The summed E-state index contributed by atoms with van der Waals surface area (Å²) in [7, 11) is 0. The molecule has 3 aromatic rings. The maximum absolute atomic E-state index is 11.0. The lowest BCUT2D eigenvalue weighted by molar-refractivity contribution is 0.152. The van der Waals surface area contributed by atoms with E-state index in [1.54, 1.807) is 30.5 Å². The number of nitrogens with zero attached hydrogens (tertiary/aromatic N) is 1. The van der Waals surface area contributed by atoms with Crippen molar-refractivity contribution in [2.45, 2.75) is 18.9 Å². The molecular formula is C20H16Cl3NO. The van der Waals surface area contributed by atoms with Crippen molar-refractivity contribution in [2.75, 3.05) is 0 Å². The molecule has 0 aliphatic rings. The minimum Gasteiger partial charge on any atom is -0.388 e. The highest BCUT2D eigenvalue weighted by Gasteiger charge is 2.23. The van der Waals surface area contributed by atoms with Crippen LogP contribution >= 0.6 is 34.8 Å². The second-order valence-corrected chi connectivity index (χ2v) is 7.13. The smallest absolute Gasteiger partial charge is 0.0877 e. The molecule has 0 spiro atoms. The molecule has 3 rings (SSSR count). The number of halogens is 3. The van der Waals surface area contributed by atoms with Crippen LogP contribution in [0.4, 0.5) is 0 Å². The molecule has 0 bridgehead atoms.